The molecule has 33 heavy (non-hydrogen) atoms. The van der Waals surface area contributed by atoms with Crippen LogP contribution >= 0.6 is 0 Å². The standard InChI is InChI=1S/C27H23NO5/c29-23(17-6-1-2-7-17)14-15-24(30)33-20-11-5-10-19(16-20)28-26(31)21-12-3-8-18-9-4-13-22(25(18)21)27(28)32/h3-5,8-13,16-17H,1-2,6-7,14-15H2. The molecule has 0 bridgehead atoms. The minimum Gasteiger partial charge on any atom is -0.426 e. The number of amides is 2. The van der Waals surface area contributed by atoms with Crippen molar-refractivity contribution in [2.75, 3.05) is 4.90 Å². The Balaban J connectivity index is 1.34. The van der Waals surface area contributed by atoms with Gasteiger partial charge in [0.2, 0.25) is 0 Å². The molecule has 0 unspecified atom stereocenters. The zero-order valence-corrected chi connectivity index (χ0v) is 18.1. The van der Waals surface area contributed by atoms with Gasteiger partial charge in [-0.1, -0.05) is 43.2 Å². The molecule has 1 aliphatic carbocycles. The van der Waals surface area contributed by atoms with E-state index < -0.39 is 17.8 Å². The van der Waals surface area contributed by atoms with Crippen molar-refractivity contribution in [1.29, 1.82) is 0 Å². The summed E-state index contributed by atoms with van der Waals surface area (Å²) in [6.07, 6.45) is 4.14. The maximum Gasteiger partial charge on any atom is 0.311 e. The molecule has 166 valence electrons. The SMILES string of the molecule is O=C(CCC(=O)C1CCCC1)Oc1cccc(N2C(=O)c3cccc4cccc(c34)C2=O)c1. The summed E-state index contributed by atoms with van der Waals surface area (Å²) in [5.41, 5.74) is 1.23. The largest absolute Gasteiger partial charge is 0.426 e. The van der Waals surface area contributed by atoms with E-state index in [1.54, 1.807) is 42.5 Å². The zero-order chi connectivity index (χ0) is 22.9. The number of rotatable bonds is 6. The zero-order valence-electron chi connectivity index (χ0n) is 18.1. The number of anilines is 1. The lowest BCUT2D eigenvalue weighted by atomic mass is 9.94. The van der Waals surface area contributed by atoms with Crippen molar-refractivity contribution >= 4 is 40.0 Å². The number of ether oxygens (including phenoxy) is 1. The van der Waals surface area contributed by atoms with Crippen LogP contribution in [0.2, 0.25) is 0 Å². The van der Waals surface area contributed by atoms with Crippen LogP contribution in [0, 0.1) is 5.92 Å². The lowest BCUT2D eigenvalue weighted by Gasteiger charge is -2.27. The second-order valence-corrected chi connectivity index (χ2v) is 8.57. The van der Waals surface area contributed by atoms with Crippen molar-refractivity contribution in [2.45, 2.75) is 38.5 Å². The van der Waals surface area contributed by atoms with E-state index in [0.717, 1.165) is 36.0 Å². The van der Waals surface area contributed by atoms with E-state index >= 15 is 0 Å². The summed E-state index contributed by atoms with van der Waals surface area (Å²) in [4.78, 5) is 52.1. The van der Waals surface area contributed by atoms with Crippen LogP contribution in [0.5, 0.6) is 5.75 Å². The molecule has 0 N–H and O–H groups in total. The summed E-state index contributed by atoms with van der Waals surface area (Å²) in [5, 5.41) is 1.49. The van der Waals surface area contributed by atoms with Crippen molar-refractivity contribution in [3.05, 3.63) is 71.8 Å². The van der Waals surface area contributed by atoms with Gasteiger partial charge in [0.15, 0.2) is 0 Å². The molecule has 0 saturated heterocycles. The number of hydrogen-bond donors (Lipinski definition) is 0. The molecule has 1 aliphatic heterocycles. The van der Waals surface area contributed by atoms with Crippen molar-refractivity contribution in [1.82, 2.24) is 0 Å². The fourth-order valence-corrected chi connectivity index (χ4v) is 4.81. The monoisotopic (exact) mass is 441 g/mol. The molecule has 3 aromatic carbocycles. The van der Waals surface area contributed by atoms with Gasteiger partial charge in [-0.15, -0.1) is 0 Å². The molecular weight excluding hydrogens is 418 g/mol. The highest BCUT2D eigenvalue weighted by Gasteiger charge is 2.34. The number of carbonyl (C=O) groups is 4. The lowest BCUT2D eigenvalue weighted by molar-refractivity contribution is -0.136. The van der Waals surface area contributed by atoms with Gasteiger partial charge in [0.05, 0.1) is 12.1 Å². The fraction of sp³-hybridized carbons (Fsp3) is 0.259. The number of nitrogens with zero attached hydrogens (tertiary/aromatic N) is 1. The Morgan fingerprint density at radius 1 is 0.848 bits per heavy atom. The van der Waals surface area contributed by atoms with Gasteiger partial charge in [0.1, 0.15) is 11.5 Å². The Bertz CT molecular complexity index is 1240. The van der Waals surface area contributed by atoms with E-state index in [0.29, 0.717) is 22.2 Å². The van der Waals surface area contributed by atoms with Gasteiger partial charge in [-0.25, -0.2) is 4.90 Å². The van der Waals surface area contributed by atoms with E-state index in [1.807, 2.05) is 12.1 Å². The number of carbonyl (C=O) groups excluding carboxylic acids is 4. The highest BCUT2D eigenvalue weighted by molar-refractivity contribution is 6.35. The first-order valence-electron chi connectivity index (χ1n) is 11.3. The van der Waals surface area contributed by atoms with Crippen LogP contribution in [0.15, 0.2) is 60.7 Å². The Labute approximate surface area is 191 Å². The summed E-state index contributed by atoms with van der Waals surface area (Å²) in [6.45, 7) is 0. The van der Waals surface area contributed by atoms with Crippen LogP contribution in [-0.2, 0) is 9.59 Å². The molecule has 1 heterocycles. The molecule has 5 rings (SSSR count). The number of benzene rings is 3. The van der Waals surface area contributed by atoms with Crippen molar-refractivity contribution < 1.29 is 23.9 Å². The number of hydrogen-bond acceptors (Lipinski definition) is 5. The van der Waals surface area contributed by atoms with Crippen LogP contribution < -0.4 is 9.64 Å². The Morgan fingerprint density at radius 2 is 1.48 bits per heavy atom. The molecule has 1 fully saturated rings. The third kappa shape index (κ3) is 3.93. The van der Waals surface area contributed by atoms with Crippen molar-refractivity contribution in [3.8, 4) is 5.75 Å². The molecule has 0 atom stereocenters. The minimum atomic E-state index is -0.509. The van der Waals surface area contributed by atoms with Gasteiger partial charge in [0.25, 0.3) is 11.8 Å². The van der Waals surface area contributed by atoms with Gasteiger partial charge < -0.3 is 4.74 Å². The number of ketones is 1. The van der Waals surface area contributed by atoms with Crippen LogP contribution in [0.25, 0.3) is 10.8 Å². The molecule has 1 saturated carbocycles. The predicted octanol–water partition coefficient (Wildman–Crippen LogP) is 5.09. The number of esters is 1. The second kappa shape index (κ2) is 8.62. The fourth-order valence-electron chi connectivity index (χ4n) is 4.81. The number of Topliss-reactive ketones (excluding diaryl/α,β-unsaturated/α-hetero) is 1. The minimum absolute atomic E-state index is 0.0104. The van der Waals surface area contributed by atoms with Gasteiger partial charge in [0, 0.05) is 34.9 Å². The first-order valence-corrected chi connectivity index (χ1v) is 11.3. The molecule has 2 amide bonds. The predicted molar refractivity (Wildman–Crippen MR) is 123 cm³/mol. The maximum atomic E-state index is 13.2. The summed E-state index contributed by atoms with van der Waals surface area (Å²) < 4.78 is 5.42. The van der Waals surface area contributed by atoms with Gasteiger partial charge in [-0.05, 0) is 42.5 Å². The molecule has 0 radical (unpaired) electrons. The van der Waals surface area contributed by atoms with Gasteiger partial charge in [-0.2, -0.15) is 0 Å². The Kier molecular flexibility index (Phi) is 5.50. The van der Waals surface area contributed by atoms with Crippen molar-refractivity contribution in [2.24, 2.45) is 5.92 Å². The van der Waals surface area contributed by atoms with Gasteiger partial charge in [-0.3, -0.25) is 19.2 Å². The average Bonchev–Trinajstić information content (AvgIpc) is 3.36. The van der Waals surface area contributed by atoms with Crippen LogP contribution in [0.4, 0.5) is 5.69 Å². The van der Waals surface area contributed by atoms with E-state index in [-0.39, 0.29) is 30.3 Å². The first kappa shape index (κ1) is 21.1. The summed E-state index contributed by atoms with van der Waals surface area (Å²) in [6, 6.07) is 17.1. The van der Waals surface area contributed by atoms with E-state index in [4.69, 9.17) is 4.74 Å². The quantitative estimate of drug-likeness (QED) is 0.303. The van der Waals surface area contributed by atoms with E-state index in [2.05, 4.69) is 0 Å². The Hall–Kier alpha value is -3.80. The molecule has 6 nitrogen and oxygen atoms in total. The highest BCUT2D eigenvalue weighted by atomic mass is 16.5. The third-order valence-corrected chi connectivity index (χ3v) is 6.47. The summed E-state index contributed by atoms with van der Waals surface area (Å²) in [5.74, 6) is -0.932. The van der Waals surface area contributed by atoms with Crippen LogP contribution in [-0.4, -0.2) is 23.6 Å². The lowest BCUT2D eigenvalue weighted by Crippen LogP contribution is -2.40. The van der Waals surface area contributed by atoms with E-state index in [1.165, 1.54) is 6.07 Å². The smallest absolute Gasteiger partial charge is 0.311 e. The van der Waals surface area contributed by atoms with Crippen molar-refractivity contribution in [3.63, 3.8) is 0 Å². The van der Waals surface area contributed by atoms with Crippen LogP contribution in [0.3, 0.4) is 0 Å². The maximum absolute atomic E-state index is 13.2. The summed E-state index contributed by atoms with van der Waals surface area (Å²) >= 11 is 0. The normalized spacial score (nSPS) is 15.8. The Morgan fingerprint density at radius 3 is 2.15 bits per heavy atom. The van der Waals surface area contributed by atoms with E-state index in [9.17, 15) is 19.2 Å². The summed E-state index contributed by atoms with van der Waals surface area (Å²) in [7, 11) is 0. The topological polar surface area (TPSA) is 80.8 Å². The second-order valence-electron chi connectivity index (χ2n) is 8.57. The molecule has 2 aliphatic rings. The average molecular weight is 441 g/mol. The van der Waals surface area contributed by atoms with Crippen LogP contribution in [0.1, 0.15) is 59.2 Å². The molecule has 0 spiro atoms. The molecular formula is C27H23NO5. The molecule has 3 aromatic rings. The highest BCUT2D eigenvalue weighted by Crippen LogP contribution is 2.34. The molecule has 0 aromatic heterocycles. The number of imide groups is 1. The molecule has 6 heteroatoms. The first-order chi connectivity index (χ1) is 16.0. The van der Waals surface area contributed by atoms with Gasteiger partial charge >= 0.3 is 5.97 Å². The third-order valence-electron chi connectivity index (χ3n) is 6.47.